The van der Waals surface area contributed by atoms with Crippen molar-refractivity contribution in [1.82, 2.24) is 14.9 Å². The van der Waals surface area contributed by atoms with Crippen molar-refractivity contribution in [1.29, 1.82) is 0 Å². The Kier molecular flexibility index (Phi) is 7.28. The van der Waals surface area contributed by atoms with Gasteiger partial charge >= 0.3 is 0 Å². The first kappa shape index (κ1) is 28.8. The van der Waals surface area contributed by atoms with E-state index < -0.39 is 10.0 Å². The number of likely N-dealkylation sites (tertiary alicyclic amines) is 1. The van der Waals surface area contributed by atoms with Crippen LogP contribution in [-0.4, -0.2) is 48.5 Å². The molecule has 7 nitrogen and oxygen atoms in total. The van der Waals surface area contributed by atoms with Gasteiger partial charge in [-0.1, -0.05) is 57.0 Å². The van der Waals surface area contributed by atoms with Gasteiger partial charge in [-0.05, 0) is 97.9 Å². The van der Waals surface area contributed by atoms with Crippen LogP contribution in [0.5, 0.6) is 5.88 Å². The zero-order chi connectivity index (χ0) is 29.9. The number of aromatic nitrogens is 2. The molecule has 3 fully saturated rings. The SMILES string of the molecule is Cc1cccc(C)c1-c1cc2nc(n1)NS(=O)(=O)c1cccc(c1)C1C[C@@H](CN(C3CC4(CCCC4)C3)CC1C(C)C)O2. The van der Waals surface area contributed by atoms with Crippen LogP contribution in [0.1, 0.15) is 81.4 Å². The van der Waals surface area contributed by atoms with E-state index in [0.29, 0.717) is 34.9 Å². The lowest BCUT2D eigenvalue weighted by atomic mass is 9.63. The molecule has 1 N–H and O–H groups in total. The van der Waals surface area contributed by atoms with E-state index in [9.17, 15) is 8.42 Å². The van der Waals surface area contributed by atoms with Crippen molar-refractivity contribution >= 4 is 16.0 Å². The molecule has 2 unspecified atom stereocenters. The molecule has 1 saturated heterocycles. The Morgan fingerprint density at radius 1 is 0.977 bits per heavy atom. The summed E-state index contributed by atoms with van der Waals surface area (Å²) in [6.45, 7) is 10.6. The summed E-state index contributed by atoms with van der Waals surface area (Å²) in [4.78, 5) is 12.3. The minimum absolute atomic E-state index is 0.0328. The van der Waals surface area contributed by atoms with Crippen LogP contribution in [0.4, 0.5) is 5.95 Å². The monoisotopic (exact) mass is 600 g/mol. The largest absolute Gasteiger partial charge is 0.473 e. The fourth-order valence-electron chi connectivity index (χ4n) is 8.58. The van der Waals surface area contributed by atoms with Crippen molar-refractivity contribution in [2.45, 2.75) is 95.6 Å². The maximum Gasteiger partial charge on any atom is 0.264 e. The van der Waals surface area contributed by atoms with Gasteiger partial charge in [0.05, 0.1) is 10.6 Å². The third kappa shape index (κ3) is 5.46. The fraction of sp³-hybridized carbons (Fsp3) is 0.543. The molecule has 228 valence electrons. The number of benzene rings is 2. The minimum Gasteiger partial charge on any atom is -0.473 e. The molecule has 2 aliphatic carbocycles. The first-order valence-electron chi connectivity index (χ1n) is 16.1. The lowest BCUT2D eigenvalue weighted by Gasteiger charge is -2.51. The second-order valence-electron chi connectivity index (χ2n) is 14.1. The predicted molar refractivity (Wildman–Crippen MR) is 170 cm³/mol. The van der Waals surface area contributed by atoms with Crippen LogP contribution < -0.4 is 9.46 Å². The van der Waals surface area contributed by atoms with Crippen LogP contribution in [0.2, 0.25) is 0 Å². The van der Waals surface area contributed by atoms with Crippen LogP contribution in [0.3, 0.4) is 0 Å². The molecule has 0 radical (unpaired) electrons. The number of aryl methyl sites for hydroxylation is 2. The molecule has 6 bridgehead atoms. The number of fused-ring (bicyclic) bond motifs is 7. The van der Waals surface area contributed by atoms with E-state index >= 15 is 0 Å². The number of sulfonamides is 1. The van der Waals surface area contributed by atoms with E-state index in [-0.39, 0.29) is 22.9 Å². The number of hydrogen-bond acceptors (Lipinski definition) is 6. The van der Waals surface area contributed by atoms with Gasteiger partial charge in [0, 0.05) is 30.8 Å². The lowest BCUT2D eigenvalue weighted by Crippen LogP contribution is -2.53. The van der Waals surface area contributed by atoms with Crippen molar-refractivity contribution in [2.24, 2.45) is 17.3 Å². The highest BCUT2D eigenvalue weighted by Crippen LogP contribution is 2.55. The molecule has 2 aromatic carbocycles. The average Bonchev–Trinajstić information content (AvgIpc) is 3.35. The smallest absolute Gasteiger partial charge is 0.264 e. The number of nitrogens with one attached hydrogen (secondary N) is 1. The van der Waals surface area contributed by atoms with Crippen LogP contribution in [-0.2, 0) is 10.0 Å². The molecule has 0 amide bonds. The normalized spacial score (nSPS) is 27.7. The number of rotatable bonds is 3. The van der Waals surface area contributed by atoms with Gasteiger partial charge in [0.2, 0.25) is 11.8 Å². The van der Waals surface area contributed by atoms with Gasteiger partial charge in [0.15, 0.2) is 0 Å². The summed E-state index contributed by atoms with van der Waals surface area (Å²) < 4.78 is 36.9. The van der Waals surface area contributed by atoms with Crippen LogP contribution in [0, 0.1) is 31.1 Å². The van der Waals surface area contributed by atoms with Crippen molar-refractivity contribution in [2.75, 3.05) is 17.8 Å². The second kappa shape index (κ2) is 10.9. The summed E-state index contributed by atoms with van der Waals surface area (Å²) in [5, 5.41) is 0. The molecule has 2 saturated carbocycles. The molecule has 7 rings (SSSR count). The Hall–Kier alpha value is -2.97. The van der Waals surface area contributed by atoms with Crippen molar-refractivity contribution < 1.29 is 13.2 Å². The molecule has 1 spiro atoms. The van der Waals surface area contributed by atoms with Gasteiger partial charge in [-0.2, -0.15) is 4.98 Å². The lowest BCUT2D eigenvalue weighted by molar-refractivity contribution is -0.0147. The molecule has 2 aliphatic heterocycles. The first-order valence-corrected chi connectivity index (χ1v) is 17.6. The van der Waals surface area contributed by atoms with Crippen LogP contribution in [0.15, 0.2) is 53.4 Å². The molecular weight excluding hydrogens is 556 g/mol. The van der Waals surface area contributed by atoms with E-state index in [1.54, 1.807) is 6.07 Å². The number of anilines is 1. The summed E-state index contributed by atoms with van der Waals surface area (Å²) in [6.07, 6.45) is 8.83. The number of nitrogens with zero attached hydrogens (tertiary/aromatic N) is 3. The van der Waals surface area contributed by atoms with Crippen molar-refractivity contribution in [3.8, 4) is 17.1 Å². The number of ether oxygens (including phenoxy) is 1. The van der Waals surface area contributed by atoms with Crippen LogP contribution in [0.25, 0.3) is 11.3 Å². The third-order valence-electron chi connectivity index (χ3n) is 10.8. The molecule has 43 heavy (non-hydrogen) atoms. The summed E-state index contributed by atoms with van der Waals surface area (Å²) >= 11 is 0. The minimum atomic E-state index is -3.91. The zero-order valence-corrected chi connectivity index (χ0v) is 26.7. The Morgan fingerprint density at radius 2 is 1.70 bits per heavy atom. The maximum absolute atomic E-state index is 13.7. The molecule has 3 aromatic rings. The van der Waals surface area contributed by atoms with Gasteiger partial charge in [-0.15, -0.1) is 0 Å². The summed E-state index contributed by atoms with van der Waals surface area (Å²) in [6, 6.07) is 16.1. The summed E-state index contributed by atoms with van der Waals surface area (Å²) in [5.74, 6) is 1.45. The van der Waals surface area contributed by atoms with E-state index in [2.05, 4.69) is 34.5 Å². The molecular formula is C35H44N4O3S. The average molecular weight is 601 g/mol. The van der Waals surface area contributed by atoms with Crippen molar-refractivity contribution in [3.05, 3.63) is 65.2 Å². The van der Waals surface area contributed by atoms with Crippen LogP contribution >= 0.6 is 0 Å². The second-order valence-corrected chi connectivity index (χ2v) is 15.8. The van der Waals surface area contributed by atoms with Gasteiger partial charge < -0.3 is 4.74 Å². The quantitative estimate of drug-likeness (QED) is 0.345. The van der Waals surface area contributed by atoms with E-state index in [4.69, 9.17) is 9.72 Å². The summed E-state index contributed by atoms with van der Waals surface area (Å²) in [7, 11) is -3.91. The Bertz CT molecular complexity index is 1600. The fourth-order valence-corrected chi connectivity index (χ4v) is 9.58. The standard InChI is InChI=1S/C35H44N4O3S/c1-22(2)30-21-39(26-18-35(19-26)13-5-6-14-35)20-27-16-29(30)25-11-8-12-28(15-25)43(40,41)38-34-36-31(17-32(37-34)42-27)33-23(3)9-7-10-24(33)4/h7-12,15,17,22,26-27,29-30H,5-6,13-14,16,18-21H2,1-4H3,(H,36,37,38)/t27-,29?,30?/m0/s1. The number of hydrogen-bond donors (Lipinski definition) is 1. The van der Waals surface area contributed by atoms with E-state index in [0.717, 1.165) is 41.8 Å². The topological polar surface area (TPSA) is 84.4 Å². The Morgan fingerprint density at radius 3 is 2.42 bits per heavy atom. The predicted octanol–water partition coefficient (Wildman–Crippen LogP) is 7.11. The molecule has 1 aromatic heterocycles. The molecule has 8 heteroatoms. The van der Waals surface area contributed by atoms with E-state index in [1.807, 2.05) is 50.2 Å². The Balaban J connectivity index is 1.33. The highest BCUT2D eigenvalue weighted by molar-refractivity contribution is 7.92. The Labute approximate surface area is 256 Å². The van der Waals surface area contributed by atoms with Gasteiger partial charge in [0.1, 0.15) is 6.10 Å². The van der Waals surface area contributed by atoms with Gasteiger partial charge in [-0.3, -0.25) is 4.90 Å². The molecule has 3 heterocycles. The summed E-state index contributed by atoms with van der Waals surface area (Å²) in [5.41, 5.74) is 5.40. The molecule has 4 aliphatic rings. The van der Waals surface area contributed by atoms with Gasteiger partial charge in [0.25, 0.3) is 10.0 Å². The molecule has 3 atom stereocenters. The van der Waals surface area contributed by atoms with Gasteiger partial charge in [-0.25, -0.2) is 18.1 Å². The zero-order valence-electron chi connectivity index (χ0n) is 25.8. The maximum atomic E-state index is 13.7. The van der Waals surface area contributed by atoms with Crippen molar-refractivity contribution in [3.63, 3.8) is 0 Å². The van der Waals surface area contributed by atoms with E-state index in [1.165, 1.54) is 38.5 Å². The first-order chi connectivity index (χ1) is 20.6. The third-order valence-corrected chi connectivity index (χ3v) is 12.2. The highest BCUT2D eigenvalue weighted by Gasteiger charge is 2.49. The highest BCUT2D eigenvalue weighted by atomic mass is 32.2.